The maximum atomic E-state index is 14.6. The number of allylic oxidation sites excluding steroid dienone is 1. The number of ether oxygens (including phenoxy) is 3. The molecule has 3 aliphatic carbocycles. The third-order valence-electron chi connectivity index (χ3n) is 12.0. The lowest BCUT2D eigenvalue weighted by Gasteiger charge is -2.35. The first-order valence-corrected chi connectivity index (χ1v) is 21.0. The SMILES string of the molecule is CC[C@H]1C[C@@]1(NC(=O)[C@@H]1C[C@@H]2CN1C(=O)[C@H](C(C)(C)C)NC(=O)OCC1(CC/C=C/COc3cccc4c3CN(C4)C(=O)O2)CC1)C(=O)NS(=O)(=O)C1CC1. The van der Waals surface area contributed by atoms with E-state index in [1.165, 1.54) is 4.90 Å². The first-order chi connectivity index (χ1) is 26.0. The van der Waals surface area contributed by atoms with Crippen molar-refractivity contribution >= 4 is 39.9 Å². The predicted octanol–water partition coefficient (Wildman–Crippen LogP) is 3.65. The Hall–Kier alpha value is -4.34. The summed E-state index contributed by atoms with van der Waals surface area (Å²) in [4.78, 5) is 72.2. The molecular weight excluding hydrogens is 731 g/mol. The quantitative estimate of drug-likeness (QED) is 0.359. The van der Waals surface area contributed by atoms with Crippen LogP contribution in [-0.4, -0.2) is 96.9 Å². The van der Waals surface area contributed by atoms with Gasteiger partial charge in [-0.15, -0.1) is 0 Å². The summed E-state index contributed by atoms with van der Waals surface area (Å²) in [7, 11) is -3.89. The van der Waals surface area contributed by atoms with E-state index >= 15 is 0 Å². The van der Waals surface area contributed by atoms with E-state index in [-0.39, 0.29) is 43.9 Å². The van der Waals surface area contributed by atoms with E-state index in [0.29, 0.717) is 38.2 Å². The summed E-state index contributed by atoms with van der Waals surface area (Å²) in [5, 5.41) is 4.95. The monoisotopic (exact) mass is 783 g/mol. The van der Waals surface area contributed by atoms with Gasteiger partial charge in [-0.05, 0) is 67.9 Å². The molecule has 0 unspecified atom stereocenters. The van der Waals surface area contributed by atoms with Gasteiger partial charge >= 0.3 is 12.2 Å². The van der Waals surface area contributed by atoms with Gasteiger partial charge in [-0.25, -0.2) is 18.0 Å². The van der Waals surface area contributed by atoms with Gasteiger partial charge in [0, 0.05) is 23.9 Å². The fourth-order valence-corrected chi connectivity index (χ4v) is 9.46. The molecule has 5 amide bonds. The largest absolute Gasteiger partial charge is 0.489 e. The van der Waals surface area contributed by atoms with Gasteiger partial charge in [0.1, 0.15) is 36.1 Å². The van der Waals surface area contributed by atoms with Gasteiger partial charge in [-0.1, -0.05) is 58.4 Å². The summed E-state index contributed by atoms with van der Waals surface area (Å²) < 4.78 is 45.4. The van der Waals surface area contributed by atoms with Crippen molar-refractivity contribution in [3.05, 3.63) is 41.5 Å². The number of amides is 5. The van der Waals surface area contributed by atoms with Crippen molar-refractivity contribution in [2.75, 3.05) is 19.8 Å². The van der Waals surface area contributed by atoms with Crippen LogP contribution in [0.1, 0.15) is 96.6 Å². The molecule has 7 rings (SSSR count). The van der Waals surface area contributed by atoms with Crippen molar-refractivity contribution in [3.8, 4) is 5.75 Å². The number of cyclic esters (lactones) is 1. The highest BCUT2D eigenvalue weighted by molar-refractivity contribution is 7.91. The topological polar surface area (TPSA) is 190 Å². The van der Waals surface area contributed by atoms with Crippen molar-refractivity contribution in [1.29, 1.82) is 0 Å². The summed E-state index contributed by atoms with van der Waals surface area (Å²) >= 11 is 0. The lowest BCUT2D eigenvalue weighted by molar-refractivity contribution is -0.143. The molecule has 4 bridgehead atoms. The number of carbonyl (C=O) groups excluding carboxylic acids is 5. The molecule has 16 heteroatoms. The number of sulfonamides is 1. The Bertz CT molecular complexity index is 1870. The molecule has 3 heterocycles. The smallest absolute Gasteiger partial charge is 0.410 e. The van der Waals surface area contributed by atoms with Crippen molar-refractivity contribution < 1.29 is 46.6 Å². The van der Waals surface area contributed by atoms with Crippen LogP contribution in [0.15, 0.2) is 30.4 Å². The lowest BCUT2D eigenvalue weighted by atomic mass is 9.85. The van der Waals surface area contributed by atoms with Crippen LogP contribution in [0.2, 0.25) is 0 Å². The molecule has 1 aromatic carbocycles. The van der Waals surface area contributed by atoms with Crippen LogP contribution in [0.5, 0.6) is 5.75 Å². The summed E-state index contributed by atoms with van der Waals surface area (Å²) in [6, 6.07) is 3.36. The number of hydrogen-bond acceptors (Lipinski definition) is 10. The van der Waals surface area contributed by atoms with Crippen LogP contribution in [0.4, 0.5) is 9.59 Å². The maximum absolute atomic E-state index is 14.6. The molecule has 1 aromatic rings. The van der Waals surface area contributed by atoms with Crippen molar-refractivity contribution in [1.82, 2.24) is 25.2 Å². The van der Waals surface area contributed by atoms with Gasteiger partial charge < -0.3 is 29.7 Å². The highest BCUT2D eigenvalue weighted by Crippen LogP contribution is 2.50. The van der Waals surface area contributed by atoms with Crippen LogP contribution in [0, 0.1) is 16.7 Å². The van der Waals surface area contributed by atoms with Crippen molar-refractivity contribution in [2.24, 2.45) is 16.7 Å². The zero-order valence-electron chi connectivity index (χ0n) is 32.1. The Morgan fingerprint density at radius 2 is 1.80 bits per heavy atom. The summed E-state index contributed by atoms with van der Waals surface area (Å²) in [6.45, 7) is 8.17. The van der Waals surface area contributed by atoms with Crippen LogP contribution in [-0.2, 0) is 47.0 Å². The first kappa shape index (κ1) is 38.9. The number of nitrogens with one attached hydrogen (secondary N) is 3. The van der Waals surface area contributed by atoms with E-state index in [4.69, 9.17) is 14.2 Å². The fourth-order valence-electron chi connectivity index (χ4n) is 8.09. The van der Waals surface area contributed by atoms with Gasteiger partial charge in [0.05, 0.1) is 24.9 Å². The van der Waals surface area contributed by atoms with E-state index in [0.717, 1.165) is 36.8 Å². The van der Waals surface area contributed by atoms with E-state index < -0.39 is 74.3 Å². The Kier molecular flexibility index (Phi) is 10.3. The van der Waals surface area contributed by atoms with Crippen LogP contribution >= 0.6 is 0 Å². The van der Waals surface area contributed by atoms with E-state index in [9.17, 15) is 32.4 Å². The highest BCUT2D eigenvalue weighted by atomic mass is 32.2. The predicted molar refractivity (Wildman–Crippen MR) is 199 cm³/mol. The zero-order chi connectivity index (χ0) is 39.3. The Morgan fingerprint density at radius 1 is 1.04 bits per heavy atom. The standard InChI is InChI=1S/C39H53N5O10S/c1-5-25-19-39(25,34(47)42-55(50,51)27-12-13-27)41-32(45)29-18-26-21-44(29)33(46)31(37(2,3)4)40-35(48)53-23-38(15-16-38)14-7-6-8-17-52-30-11-9-10-24-20-43(22-28(24)30)36(49)54-26/h6,8-11,25-27,29,31H,5,7,12-23H2,1-4H3,(H,40,48)(H,41,45)(H,42,47)/b8-6+/t25-,26+,29-,31+,39-/m0/s1. The molecule has 1 spiro atoms. The van der Waals surface area contributed by atoms with Gasteiger partial charge in [0.15, 0.2) is 0 Å². The zero-order valence-corrected chi connectivity index (χ0v) is 32.9. The Morgan fingerprint density at radius 3 is 2.47 bits per heavy atom. The third kappa shape index (κ3) is 8.29. The normalized spacial score (nSPS) is 30.1. The molecule has 3 saturated carbocycles. The average molecular weight is 784 g/mol. The number of alkyl carbamates (subject to hydrolysis) is 1. The van der Waals surface area contributed by atoms with Gasteiger partial charge in [0.25, 0.3) is 5.91 Å². The average Bonchev–Trinajstić information content (AvgIpc) is 4.08. The lowest BCUT2D eigenvalue weighted by Crippen LogP contribution is -2.60. The maximum Gasteiger partial charge on any atom is 0.410 e. The third-order valence-corrected chi connectivity index (χ3v) is 13.9. The Labute approximate surface area is 322 Å². The number of rotatable bonds is 6. The minimum Gasteiger partial charge on any atom is -0.489 e. The second kappa shape index (κ2) is 14.6. The minimum atomic E-state index is -3.89. The second-order valence-corrected chi connectivity index (χ2v) is 19.2. The Balaban J connectivity index is 1.15. The number of carbonyl (C=O) groups is 5. The van der Waals surface area contributed by atoms with Gasteiger partial charge in [0.2, 0.25) is 21.8 Å². The van der Waals surface area contributed by atoms with Gasteiger partial charge in [-0.3, -0.25) is 24.0 Å². The van der Waals surface area contributed by atoms with E-state index in [1.807, 2.05) is 31.2 Å². The molecule has 15 nitrogen and oxygen atoms in total. The van der Waals surface area contributed by atoms with Gasteiger partial charge in [-0.2, -0.15) is 0 Å². The molecule has 3 N–H and O–H groups in total. The molecule has 5 atom stereocenters. The molecule has 3 aliphatic heterocycles. The summed E-state index contributed by atoms with van der Waals surface area (Å²) in [6.07, 6.45) is 6.78. The summed E-state index contributed by atoms with van der Waals surface area (Å²) in [5.41, 5.74) is -0.613. The molecular formula is C39H53N5O10S. The summed E-state index contributed by atoms with van der Waals surface area (Å²) in [5.74, 6) is -1.70. The molecule has 55 heavy (non-hydrogen) atoms. The number of benzene rings is 1. The van der Waals surface area contributed by atoms with E-state index in [1.54, 1.807) is 25.7 Å². The fraction of sp³-hybridized carbons (Fsp3) is 0.667. The van der Waals surface area contributed by atoms with Crippen LogP contribution < -0.4 is 20.1 Å². The number of nitrogens with zero attached hydrogens (tertiary/aromatic N) is 2. The molecule has 0 aromatic heterocycles. The first-order valence-electron chi connectivity index (χ1n) is 19.5. The van der Waals surface area contributed by atoms with E-state index in [2.05, 4.69) is 21.4 Å². The van der Waals surface area contributed by atoms with Crippen LogP contribution in [0.25, 0.3) is 0 Å². The molecule has 6 aliphatic rings. The van der Waals surface area contributed by atoms with Crippen molar-refractivity contribution in [2.45, 2.75) is 128 Å². The minimum absolute atomic E-state index is 0.0799. The molecule has 1 saturated heterocycles. The number of fused-ring (bicyclic) bond motifs is 3. The van der Waals surface area contributed by atoms with Crippen LogP contribution in [0.3, 0.4) is 0 Å². The number of hydrogen-bond donors (Lipinski definition) is 3. The second-order valence-electron chi connectivity index (χ2n) is 17.3. The molecule has 300 valence electrons. The van der Waals surface area contributed by atoms with Crippen molar-refractivity contribution in [3.63, 3.8) is 0 Å². The highest BCUT2D eigenvalue weighted by Gasteiger charge is 2.62. The molecule has 0 radical (unpaired) electrons. The molecule has 4 fully saturated rings.